The lowest BCUT2D eigenvalue weighted by atomic mass is 10.4. The molecule has 0 aliphatic rings. The monoisotopic (exact) mass is 248 g/mol. The van der Waals surface area contributed by atoms with Crippen molar-refractivity contribution in [1.82, 2.24) is 10.2 Å². The summed E-state index contributed by atoms with van der Waals surface area (Å²) in [5, 5.41) is 10.5. The van der Waals surface area contributed by atoms with E-state index in [9.17, 15) is 0 Å². The van der Waals surface area contributed by atoms with Crippen molar-refractivity contribution in [3.63, 3.8) is 0 Å². The summed E-state index contributed by atoms with van der Waals surface area (Å²) in [6.45, 7) is 4.30. The van der Waals surface area contributed by atoms with Crippen LogP contribution in [0.25, 0.3) is 0 Å². The first-order valence-corrected chi connectivity index (χ1v) is 5.97. The van der Waals surface area contributed by atoms with Crippen LogP contribution in [0.5, 0.6) is 0 Å². The smallest absolute Gasteiger partial charge is 0.131 e. The largest absolute Gasteiger partial charge is 0.144 e. The molecule has 1 rings (SSSR count). The quantitative estimate of drug-likeness (QED) is 0.765. The van der Waals surface area contributed by atoms with Gasteiger partial charge in [-0.3, -0.25) is 0 Å². The summed E-state index contributed by atoms with van der Waals surface area (Å²) in [6, 6.07) is 0. The molecule has 0 saturated heterocycles. The van der Waals surface area contributed by atoms with Gasteiger partial charge in [0.25, 0.3) is 0 Å². The van der Waals surface area contributed by atoms with Gasteiger partial charge in [0.2, 0.25) is 0 Å². The molecule has 0 amide bonds. The van der Waals surface area contributed by atoms with Crippen LogP contribution < -0.4 is 0 Å². The Labute approximate surface area is 85.5 Å². The van der Waals surface area contributed by atoms with E-state index in [1.54, 1.807) is 11.3 Å². The Morgan fingerprint density at radius 3 is 2.75 bits per heavy atom. The Hall–Kier alpha value is 0.0400. The van der Waals surface area contributed by atoms with E-state index in [1.807, 2.05) is 0 Å². The van der Waals surface area contributed by atoms with Crippen LogP contribution in [0, 0.1) is 0 Å². The Kier molecular flexibility index (Phi) is 4.15. The van der Waals surface area contributed by atoms with Crippen molar-refractivity contribution in [2.45, 2.75) is 37.9 Å². The molecule has 0 radical (unpaired) electrons. The normalized spacial score (nSPS) is 13.2. The zero-order valence-corrected chi connectivity index (χ0v) is 9.78. The van der Waals surface area contributed by atoms with E-state index in [2.05, 4.69) is 40.0 Å². The SMILES string of the molecule is CCCc1nnc(C(Br)CC)s1. The van der Waals surface area contributed by atoms with E-state index in [0.29, 0.717) is 4.83 Å². The summed E-state index contributed by atoms with van der Waals surface area (Å²) in [6.07, 6.45) is 3.27. The van der Waals surface area contributed by atoms with Gasteiger partial charge in [-0.25, -0.2) is 0 Å². The number of aryl methyl sites for hydroxylation is 1. The molecule has 1 atom stereocenters. The van der Waals surface area contributed by atoms with Crippen LogP contribution in [0.3, 0.4) is 0 Å². The van der Waals surface area contributed by atoms with Gasteiger partial charge in [-0.05, 0) is 12.8 Å². The van der Waals surface area contributed by atoms with Crippen LogP contribution in [0.2, 0.25) is 0 Å². The third kappa shape index (κ3) is 2.52. The van der Waals surface area contributed by atoms with Gasteiger partial charge in [0, 0.05) is 6.42 Å². The number of hydrogen-bond donors (Lipinski definition) is 0. The zero-order valence-electron chi connectivity index (χ0n) is 7.38. The molecule has 2 nitrogen and oxygen atoms in total. The highest BCUT2D eigenvalue weighted by molar-refractivity contribution is 9.09. The fraction of sp³-hybridized carbons (Fsp3) is 0.750. The van der Waals surface area contributed by atoms with Crippen molar-refractivity contribution >= 4 is 27.3 Å². The van der Waals surface area contributed by atoms with Crippen molar-refractivity contribution in [3.8, 4) is 0 Å². The summed E-state index contributed by atoms with van der Waals surface area (Å²) >= 11 is 5.28. The minimum absolute atomic E-state index is 0.389. The maximum atomic E-state index is 4.13. The summed E-state index contributed by atoms with van der Waals surface area (Å²) < 4.78 is 0. The number of hydrogen-bond acceptors (Lipinski definition) is 3. The lowest BCUT2D eigenvalue weighted by Gasteiger charge is -1.97. The summed E-state index contributed by atoms with van der Waals surface area (Å²) in [7, 11) is 0. The fourth-order valence-corrected chi connectivity index (χ4v) is 2.26. The van der Waals surface area contributed by atoms with E-state index in [0.717, 1.165) is 29.3 Å². The number of nitrogens with zero attached hydrogens (tertiary/aromatic N) is 2. The molecule has 0 bridgehead atoms. The van der Waals surface area contributed by atoms with Crippen LogP contribution >= 0.6 is 27.3 Å². The van der Waals surface area contributed by atoms with E-state index >= 15 is 0 Å². The molecule has 1 unspecified atom stereocenters. The molecule has 0 N–H and O–H groups in total. The first-order chi connectivity index (χ1) is 5.77. The van der Waals surface area contributed by atoms with Crippen molar-refractivity contribution in [3.05, 3.63) is 10.0 Å². The van der Waals surface area contributed by atoms with E-state index in [4.69, 9.17) is 0 Å². The Morgan fingerprint density at radius 2 is 2.17 bits per heavy atom. The highest BCUT2D eigenvalue weighted by Crippen LogP contribution is 2.28. The second-order valence-electron chi connectivity index (χ2n) is 2.66. The van der Waals surface area contributed by atoms with Crippen molar-refractivity contribution < 1.29 is 0 Å². The minimum Gasteiger partial charge on any atom is -0.144 e. The summed E-state index contributed by atoms with van der Waals surface area (Å²) in [5.74, 6) is 0. The first kappa shape index (κ1) is 10.1. The standard InChI is InChI=1S/C8H13BrN2S/c1-3-5-7-10-11-8(12-7)6(9)4-2/h6H,3-5H2,1-2H3. The molecule has 0 saturated carbocycles. The van der Waals surface area contributed by atoms with E-state index in [1.165, 1.54) is 0 Å². The third-order valence-electron chi connectivity index (χ3n) is 1.57. The summed E-state index contributed by atoms with van der Waals surface area (Å²) in [4.78, 5) is 0.389. The van der Waals surface area contributed by atoms with Crippen LogP contribution in [-0.4, -0.2) is 10.2 Å². The predicted octanol–water partition coefficient (Wildman–Crippen LogP) is 3.34. The maximum absolute atomic E-state index is 4.13. The molecule has 0 aromatic carbocycles. The minimum atomic E-state index is 0.389. The van der Waals surface area contributed by atoms with Gasteiger partial charge in [-0.2, -0.15) is 0 Å². The number of halogens is 1. The van der Waals surface area contributed by atoms with Crippen LogP contribution in [0.1, 0.15) is 41.5 Å². The first-order valence-electron chi connectivity index (χ1n) is 4.24. The van der Waals surface area contributed by atoms with Crippen molar-refractivity contribution in [2.24, 2.45) is 0 Å². The van der Waals surface area contributed by atoms with Gasteiger partial charge in [0.1, 0.15) is 10.0 Å². The topological polar surface area (TPSA) is 25.8 Å². The molecule has 0 spiro atoms. The second kappa shape index (κ2) is 4.92. The lowest BCUT2D eigenvalue weighted by molar-refractivity contribution is 0.841. The highest BCUT2D eigenvalue weighted by Gasteiger charge is 2.10. The molecule has 1 aromatic rings. The van der Waals surface area contributed by atoms with Gasteiger partial charge in [-0.15, -0.1) is 21.5 Å². The van der Waals surface area contributed by atoms with Gasteiger partial charge < -0.3 is 0 Å². The van der Waals surface area contributed by atoms with Crippen LogP contribution in [0.15, 0.2) is 0 Å². The lowest BCUT2D eigenvalue weighted by Crippen LogP contribution is -1.85. The van der Waals surface area contributed by atoms with Crippen molar-refractivity contribution in [1.29, 1.82) is 0 Å². The van der Waals surface area contributed by atoms with Gasteiger partial charge in [0.05, 0.1) is 4.83 Å². The average molecular weight is 249 g/mol. The van der Waals surface area contributed by atoms with E-state index < -0.39 is 0 Å². The van der Waals surface area contributed by atoms with Crippen LogP contribution in [0.4, 0.5) is 0 Å². The molecule has 0 aliphatic carbocycles. The predicted molar refractivity (Wildman–Crippen MR) is 55.9 cm³/mol. The molecular weight excluding hydrogens is 236 g/mol. The Balaban J connectivity index is 2.63. The number of alkyl halides is 1. The molecule has 0 aliphatic heterocycles. The third-order valence-corrected chi connectivity index (χ3v) is 4.05. The second-order valence-corrected chi connectivity index (χ2v) is 4.86. The molecule has 12 heavy (non-hydrogen) atoms. The average Bonchev–Trinajstić information content (AvgIpc) is 2.52. The van der Waals surface area contributed by atoms with Crippen LogP contribution in [-0.2, 0) is 6.42 Å². The van der Waals surface area contributed by atoms with Gasteiger partial charge in [-0.1, -0.05) is 29.8 Å². The van der Waals surface area contributed by atoms with Gasteiger partial charge in [0.15, 0.2) is 0 Å². The molecule has 1 aromatic heterocycles. The van der Waals surface area contributed by atoms with Gasteiger partial charge >= 0.3 is 0 Å². The zero-order chi connectivity index (χ0) is 8.97. The molecular formula is C8H13BrN2S. The molecule has 0 fully saturated rings. The maximum Gasteiger partial charge on any atom is 0.131 e. The highest BCUT2D eigenvalue weighted by atomic mass is 79.9. The van der Waals surface area contributed by atoms with Crippen molar-refractivity contribution in [2.75, 3.05) is 0 Å². The Bertz CT molecular complexity index is 237. The Morgan fingerprint density at radius 1 is 1.42 bits per heavy atom. The fourth-order valence-electron chi connectivity index (χ4n) is 0.883. The summed E-state index contributed by atoms with van der Waals surface area (Å²) in [5.41, 5.74) is 0. The number of rotatable bonds is 4. The molecule has 4 heteroatoms. The molecule has 68 valence electrons. The van der Waals surface area contributed by atoms with E-state index in [-0.39, 0.29) is 0 Å². The number of aromatic nitrogens is 2. The molecule has 1 heterocycles.